The first kappa shape index (κ1) is 32.9. The van der Waals surface area contributed by atoms with Gasteiger partial charge in [-0.25, -0.2) is 0 Å². The third-order valence-corrected chi connectivity index (χ3v) is 11.0. The third-order valence-electron chi connectivity index (χ3n) is 10.1. The number of nitrogens with one attached hydrogen (secondary N) is 4. The van der Waals surface area contributed by atoms with Gasteiger partial charge >= 0.3 is 11.9 Å². The zero-order valence-electron chi connectivity index (χ0n) is 26.5. The summed E-state index contributed by atoms with van der Waals surface area (Å²) in [4.78, 5) is 51.7. The average Bonchev–Trinajstić information content (AvgIpc) is 3.53. The van der Waals surface area contributed by atoms with Crippen LogP contribution in [0.1, 0.15) is 88.4 Å². The minimum Gasteiger partial charge on any atom is -0.481 e. The molecule has 0 aliphatic carbocycles. The van der Waals surface area contributed by atoms with E-state index in [1.807, 2.05) is 40.7 Å². The second kappa shape index (κ2) is 13.1. The van der Waals surface area contributed by atoms with Gasteiger partial charge in [0.15, 0.2) is 0 Å². The lowest BCUT2D eigenvalue weighted by Crippen LogP contribution is -2.36. The summed E-state index contributed by atoms with van der Waals surface area (Å²) in [6, 6.07) is -0.755. The zero-order chi connectivity index (χ0) is 32.7. The van der Waals surface area contributed by atoms with Crippen molar-refractivity contribution in [3.8, 4) is 0 Å². The van der Waals surface area contributed by atoms with Crippen molar-refractivity contribution in [3.05, 3.63) is 50.5 Å². The second-order valence-corrected chi connectivity index (χ2v) is 14.0. The van der Waals surface area contributed by atoms with Crippen molar-refractivity contribution >= 4 is 41.6 Å². The van der Waals surface area contributed by atoms with Crippen molar-refractivity contribution in [1.82, 2.24) is 20.9 Å². The van der Waals surface area contributed by atoms with Crippen LogP contribution in [0.25, 0.3) is 6.08 Å². The Morgan fingerprint density at radius 2 is 1.64 bits per heavy atom. The first-order chi connectivity index (χ1) is 21.3. The molecule has 244 valence electrons. The van der Waals surface area contributed by atoms with Crippen LogP contribution < -0.4 is 16.0 Å². The molecule has 2 amide bonds. The molecule has 7 N–H and O–H groups in total. The van der Waals surface area contributed by atoms with E-state index in [-0.39, 0.29) is 60.2 Å². The summed E-state index contributed by atoms with van der Waals surface area (Å²) < 4.78 is 0. The minimum atomic E-state index is -1.02. The van der Waals surface area contributed by atoms with Gasteiger partial charge in [-0.3, -0.25) is 19.2 Å². The lowest BCUT2D eigenvalue weighted by molar-refractivity contribution is -0.138. The van der Waals surface area contributed by atoms with Gasteiger partial charge in [0.25, 0.3) is 0 Å². The van der Waals surface area contributed by atoms with Gasteiger partial charge < -0.3 is 36.3 Å². The van der Waals surface area contributed by atoms with Crippen LogP contribution in [0.4, 0.5) is 0 Å². The molecule has 1 aromatic rings. The van der Waals surface area contributed by atoms with Crippen molar-refractivity contribution in [2.75, 3.05) is 5.75 Å². The number of thioether (sulfide) groups is 1. The number of aromatic nitrogens is 1. The van der Waals surface area contributed by atoms with E-state index in [0.29, 0.717) is 30.7 Å². The lowest BCUT2D eigenvalue weighted by Gasteiger charge is -2.25. The number of hydrogen-bond acceptors (Lipinski definition) is 7. The van der Waals surface area contributed by atoms with Crippen LogP contribution in [0.2, 0.25) is 0 Å². The van der Waals surface area contributed by atoms with Gasteiger partial charge in [-0.2, -0.15) is 11.8 Å². The lowest BCUT2D eigenvalue weighted by atomic mass is 9.85. The van der Waals surface area contributed by atoms with E-state index in [1.54, 1.807) is 11.8 Å². The number of aliphatic hydroxyl groups is 1. The Hall–Kier alpha value is -3.51. The monoisotopic (exact) mass is 640 g/mol. The van der Waals surface area contributed by atoms with Gasteiger partial charge in [-0.15, -0.1) is 0 Å². The highest BCUT2D eigenvalue weighted by molar-refractivity contribution is 8.07. The van der Waals surface area contributed by atoms with E-state index >= 15 is 0 Å². The van der Waals surface area contributed by atoms with Crippen molar-refractivity contribution in [2.24, 2.45) is 11.8 Å². The summed E-state index contributed by atoms with van der Waals surface area (Å²) in [5, 5.41) is 40.5. The standard InChI is InChI=1S/C33H44N4O7S/c1-6-18-16(4)32(43)37-30(18)31(42)29-15(3)20(8-10-27(40)41)24(35-29)12-23-19(7-9-26(38)39)14(2)21(34-23)11-22-17(5)28(25-13-45-25)33(44)36-22/h12,16,18,21-22,25,30-31,34-35,42H,6-11,13H2,1-5H3,(H,36,44)(H,37,43)(H,38,39)(H,40,41)/b23-12+/t16-,18-,21?,22-,25-,30?,31+/m1/s1. The number of hydrogen-bond donors (Lipinski definition) is 7. The Kier molecular flexibility index (Phi) is 9.55. The largest absolute Gasteiger partial charge is 0.481 e. The summed E-state index contributed by atoms with van der Waals surface area (Å²) >= 11 is 1.76. The normalized spacial score (nSPS) is 29.3. The van der Waals surface area contributed by atoms with Crippen molar-refractivity contribution in [2.45, 2.75) is 103 Å². The number of amides is 2. The van der Waals surface area contributed by atoms with Crippen molar-refractivity contribution in [1.29, 1.82) is 0 Å². The van der Waals surface area contributed by atoms with Gasteiger partial charge in [0.1, 0.15) is 6.10 Å². The van der Waals surface area contributed by atoms with Crippen LogP contribution >= 0.6 is 11.8 Å². The second-order valence-electron chi connectivity index (χ2n) is 12.8. The van der Waals surface area contributed by atoms with Crippen LogP contribution in [0.15, 0.2) is 28.0 Å². The van der Waals surface area contributed by atoms with Gasteiger partial charge in [0.2, 0.25) is 11.8 Å². The molecule has 4 aliphatic rings. The summed E-state index contributed by atoms with van der Waals surface area (Å²) in [5.74, 6) is -1.29. The quantitative estimate of drug-likeness (QED) is 0.159. The van der Waals surface area contributed by atoms with E-state index in [1.165, 1.54) is 0 Å². The number of carbonyl (C=O) groups excluding carboxylic acids is 2. The molecule has 2 fully saturated rings. The molecule has 4 aliphatic heterocycles. The van der Waals surface area contributed by atoms with Crippen molar-refractivity contribution < 1.29 is 34.5 Å². The molecule has 7 atom stereocenters. The highest BCUT2D eigenvalue weighted by atomic mass is 32.2. The fourth-order valence-electron chi connectivity index (χ4n) is 7.34. The number of rotatable bonds is 13. The molecule has 5 heterocycles. The smallest absolute Gasteiger partial charge is 0.303 e. The number of carboxylic acids is 2. The number of aliphatic carboxylic acids is 2. The maximum atomic E-state index is 12.7. The minimum absolute atomic E-state index is 0.0109. The Labute approximate surface area is 267 Å². The molecule has 0 spiro atoms. The predicted octanol–water partition coefficient (Wildman–Crippen LogP) is 3.35. The molecule has 1 aromatic heterocycles. The van der Waals surface area contributed by atoms with Crippen LogP contribution in [0.3, 0.4) is 0 Å². The summed E-state index contributed by atoms with van der Waals surface area (Å²) in [5.41, 5.74) is 7.19. The number of carboxylic acid groups (broad SMARTS) is 2. The van der Waals surface area contributed by atoms with E-state index < -0.39 is 24.1 Å². The fraction of sp³-hybridized carbons (Fsp3) is 0.576. The maximum absolute atomic E-state index is 12.7. The molecule has 2 unspecified atom stereocenters. The van der Waals surface area contributed by atoms with Gasteiger partial charge in [-0.1, -0.05) is 20.3 Å². The van der Waals surface area contributed by atoms with Crippen LogP contribution in [0, 0.1) is 18.8 Å². The summed E-state index contributed by atoms with van der Waals surface area (Å²) in [7, 11) is 0. The molecule has 0 aromatic carbocycles. The Balaban J connectivity index is 1.49. The number of aromatic amines is 1. The molecule has 0 bridgehead atoms. The molecule has 2 saturated heterocycles. The number of H-pyrrole nitrogens is 1. The van der Waals surface area contributed by atoms with E-state index in [2.05, 4.69) is 20.9 Å². The maximum Gasteiger partial charge on any atom is 0.303 e. The SMILES string of the molecule is CC[C@H]1C([C@@H](O)c2[nH]c(/C=C3/NC(C[C@H]4NC(=O)C([C@H]5CS5)=C4C)C(C)=C3CCC(=O)O)c(CCC(=O)O)c2C)NC(=O)[C@@H]1C. The van der Waals surface area contributed by atoms with E-state index in [0.717, 1.165) is 44.9 Å². The molecule has 0 radical (unpaired) electrons. The summed E-state index contributed by atoms with van der Waals surface area (Å²) in [6.07, 6.45) is 2.55. The molecular weight excluding hydrogens is 596 g/mol. The van der Waals surface area contributed by atoms with Gasteiger partial charge in [0, 0.05) is 58.5 Å². The van der Waals surface area contributed by atoms with Crippen molar-refractivity contribution in [3.63, 3.8) is 0 Å². The van der Waals surface area contributed by atoms with Crippen LogP contribution in [-0.4, -0.2) is 73.2 Å². The number of allylic oxidation sites excluding steroid dienone is 1. The Morgan fingerprint density at radius 3 is 2.27 bits per heavy atom. The summed E-state index contributed by atoms with van der Waals surface area (Å²) in [6.45, 7) is 9.69. The molecule has 45 heavy (non-hydrogen) atoms. The van der Waals surface area contributed by atoms with Gasteiger partial charge in [-0.05, 0) is 79.9 Å². The highest BCUT2D eigenvalue weighted by Gasteiger charge is 2.44. The fourth-order valence-corrected chi connectivity index (χ4v) is 8.06. The third kappa shape index (κ3) is 6.58. The molecule has 11 nitrogen and oxygen atoms in total. The molecular formula is C33H44N4O7S. The average molecular weight is 641 g/mol. The first-order valence-corrected chi connectivity index (χ1v) is 16.8. The first-order valence-electron chi connectivity index (χ1n) is 15.8. The molecule has 0 saturated carbocycles. The molecule has 12 heteroatoms. The number of carbonyl (C=O) groups is 4. The van der Waals surface area contributed by atoms with E-state index in [4.69, 9.17) is 0 Å². The molecule has 5 rings (SSSR count). The Bertz CT molecular complexity index is 1500. The zero-order valence-corrected chi connectivity index (χ0v) is 27.3. The number of aliphatic hydroxyl groups excluding tert-OH is 1. The van der Waals surface area contributed by atoms with Crippen LogP contribution in [-0.2, 0) is 25.6 Å². The highest BCUT2D eigenvalue weighted by Crippen LogP contribution is 2.42. The van der Waals surface area contributed by atoms with Crippen LogP contribution in [0.5, 0.6) is 0 Å². The van der Waals surface area contributed by atoms with E-state index in [9.17, 15) is 34.5 Å². The topological polar surface area (TPSA) is 181 Å². The predicted molar refractivity (Wildman–Crippen MR) is 171 cm³/mol. The Morgan fingerprint density at radius 1 is 1.00 bits per heavy atom. The van der Waals surface area contributed by atoms with Gasteiger partial charge in [0.05, 0.1) is 12.1 Å².